The van der Waals surface area contributed by atoms with Gasteiger partial charge in [-0.25, -0.2) is 0 Å². The fourth-order valence-corrected chi connectivity index (χ4v) is 3.44. The minimum atomic E-state index is -0.322. The largest absolute Gasteiger partial charge is 0.377 e. The van der Waals surface area contributed by atoms with Crippen LogP contribution in [0.4, 0.5) is 0 Å². The highest BCUT2D eigenvalue weighted by atomic mass is 16.5. The molecule has 106 valence electrons. The first-order valence-electron chi connectivity index (χ1n) is 7.46. The first-order valence-corrected chi connectivity index (χ1v) is 7.46. The van der Waals surface area contributed by atoms with Gasteiger partial charge in [0.15, 0.2) is 0 Å². The van der Waals surface area contributed by atoms with Gasteiger partial charge in [-0.05, 0) is 25.7 Å². The molecule has 19 heavy (non-hydrogen) atoms. The summed E-state index contributed by atoms with van der Waals surface area (Å²) in [6, 6.07) is -0.160. The third-order valence-electron chi connectivity index (χ3n) is 4.49. The normalized spacial score (nSPS) is 32.7. The van der Waals surface area contributed by atoms with E-state index in [9.17, 15) is 9.59 Å². The number of amides is 2. The number of likely N-dealkylation sites (tertiary alicyclic amines) is 1. The first kappa shape index (κ1) is 13.1. The van der Waals surface area contributed by atoms with Gasteiger partial charge >= 0.3 is 0 Å². The fraction of sp³-hybridized carbons (Fsp3) is 0.857. The van der Waals surface area contributed by atoms with E-state index in [1.165, 1.54) is 4.90 Å². The minimum Gasteiger partial charge on any atom is -0.377 e. The Kier molecular flexibility index (Phi) is 3.84. The monoisotopic (exact) mass is 266 g/mol. The van der Waals surface area contributed by atoms with Gasteiger partial charge in [0.1, 0.15) is 0 Å². The summed E-state index contributed by atoms with van der Waals surface area (Å²) >= 11 is 0. The van der Waals surface area contributed by atoms with E-state index in [-0.39, 0.29) is 30.0 Å². The number of ether oxygens (including phenoxy) is 1. The second kappa shape index (κ2) is 5.59. The molecule has 2 heterocycles. The Balaban J connectivity index is 1.55. The molecule has 3 fully saturated rings. The smallest absolute Gasteiger partial charge is 0.247 e. The van der Waals surface area contributed by atoms with E-state index >= 15 is 0 Å². The van der Waals surface area contributed by atoms with Gasteiger partial charge in [0.05, 0.1) is 18.6 Å². The molecule has 3 aliphatic rings. The van der Waals surface area contributed by atoms with Crippen molar-refractivity contribution in [2.24, 2.45) is 0 Å². The van der Waals surface area contributed by atoms with Gasteiger partial charge in [-0.15, -0.1) is 0 Å². The Labute approximate surface area is 113 Å². The van der Waals surface area contributed by atoms with Crippen molar-refractivity contribution in [2.45, 2.75) is 63.1 Å². The SMILES string of the molecule is O=C1CC(NCC2CCCO2)C(=O)N1C1CCCC1. The molecule has 1 saturated carbocycles. The molecule has 5 nitrogen and oxygen atoms in total. The molecule has 2 unspecified atom stereocenters. The Hall–Kier alpha value is -0.940. The van der Waals surface area contributed by atoms with Crippen molar-refractivity contribution in [3.8, 4) is 0 Å². The molecule has 2 aliphatic heterocycles. The zero-order valence-electron chi connectivity index (χ0n) is 11.3. The van der Waals surface area contributed by atoms with Crippen LogP contribution < -0.4 is 5.32 Å². The maximum atomic E-state index is 12.3. The van der Waals surface area contributed by atoms with Crippen LogP contribution in [-0.4, -0.2) is 48.1 Å². The van der Waals surface area contributed by atoms with E-state index in [1.807, 2.05) is 0 Å². The number of nitrogens with one attached hydrogen (secondary N) is 1. The zero-order valence-corrected chi connectivity index (χ0v) is 11.3. The summed E-state index contributed by atoms with van der Waals surface area (Å²) in [6.07, 6.45) is 6.91. The molecule has 1 N–H and O–H groups in total. The summed E-state index contributed by atoms with van der Waals surface area (Å²) in [5.74, 6) is -0.0170. The number of carbonyl (C=O) groups excluding carboxylic acids is 2. The summed E-state index contributed by atoms with van der Waals surface area (Å²) in [5.41, 5.74) is 0. The van der Waals surface area contributed by atoms with Crippen molar-refractivity contribution in [1.82, 2.24) is 10.2 Å². The van der Waals surface area contributed by atoms with Crippen LogP contribution in [0.2, 0.25) is 0 Å². The minimum absolute atomic E-state index is 0.00161. The zero-order chi connectivity index (χ0) is 13.2. The van der Waals surface area contributed by atoms with Crippen LogP contribution in [0.5, 0.6) is 0 Å². The molecule has 1 aliphatic carbocycles. The maximum Gasteiger partial charge on any atom is 0.247 e. The van der Waals surface area contributed by atoms with Crippen LogP contribution in [0.15, 0.2) is 0 Å². The van der Waals surface area contributed by atoms with Gasteiger partial charge in [0, 0.05) is 19.2 Å². The molecule has 0 spiro atoms. The van der Waals surface area contributed by atoms with Gasteiger partial charge < -0.3 is 10.1 Å². The lowest BCUT2D eigenvalue weighted by atomic mass is 10.2. The summed E-state index contributed by atoms with van der Waals surface area (Å²) in [5, 5.41) is 3.22. The van der Waals surface area contributed by atoms with E-state index in [1.54, 1.807) is 0 Å². The van der Waals surface area contributed by atoms with Gasteiger partial charge in [0.2, 0.25) is 11.8 Å². The van der Waals surface area contributed by atoms with E-state index in [2.05, 4.69) is 5.32 Å². The van der Waals surface area contributed by atoms with E-state index < -0.39 is 0 Å². The summed E-state index contributed by atoms with van der Waals surface area (Å²) in [4.78, 5) is 25.8. The van der Waals surface area contributed by atoms with Crippen LogP contribution in [0.1, 0.15) is 44.9 Å². The van der Waals surface area contributed by atoms with Gasteiger partial charge in [-0.1, -0.05) is 12.8 Å². The topological polar surface area (TPSA) is 58.6 Å². The Morgan fingerprint density at radius 2 is 1.95 bits per heavy atom. The number of rotatable bonds is 4. The first-order chi connectivity index (χ1) is 9.25. The van der Waals surface area contributed by atoms with Crippen molar-refractivity contribution >= 4 is 11.8 Å². The summed E-state index contributed by atoms with van der Waals surface area (Å²) in [6.45, 7) is 1.50. The quantitative estimate of drug-likeness (QED) is 0.766. The Morgan fingerprint density at radius 3 is 2.63 bits per heavy atom. The van der Waals surface area contributed by atoms with Crippen molar-refractivity contribution in [2.75, 3.05) is 13.2 Å². The predicted molar refractivity (Wildman–Crippen MR) is 69.5 cm³/mol. The lowest BCUT2D eigenvalue weighted by Crippen LogP contribution is -2.44. The fourth-order valence-electron chi connectivity index (χ4n) is 3.44. The van der Waals surface area contributed by atoms with Gasteiger partial charge in [-0.2, -0.15) is 0 Å². The molecule has 2 atom stereocenters. The molecular formula is C14H22N2O3. The highest BCUT2D eigenvalue weighted by Gasteiger charge is 2.42. The molecule has 0 radical (unpaired) electrons. The number of carbonyl (C=O) groups is 2. The predicted octanol–water partition coefficient (Wildman–Crippen LogP) is 0.825. The molecule has 0 aromatic rings. The highest BCUT2D eigenvalue weighted by Crippen LogP contribution is 2.28. The van der Waals surface area contributed by atoms with Gasteiger partial charge in [0.25, 0.3) is 0 Å². The maximum absolute atomic E-state index is 12.3. The van der Waals surface area contributed by atoms with E-state index in [0.717, 1.165) is 45.1 Å². The molecule has 2 amide bonds. The average molecular weight is 266 g/mol. The van der Waals surface area contributed by atoms with Crippen molar-refractivity contribution in [1.29, 1.82) is 0 Å². The molecule has 3 rings (SSSR count). The molecule has 0 aromatic carbocycles. The van der Waals surface area contributed by atoms with E-state index in [0.29, 0.717) is 13.0 Å². The second-order valence-electron chi connectivity index (χ2n) is 5.84. The molecular weight excluding hydrogens is 244 g/mol. The third kappa shape index (κ3) is 2.67. The average Bonchev–Trinajstić information content (AvgIpc) is 3.09. The Morgan fingerprint density at radius 1 is 1.16 bits per heavy atom. The molecule has 5 heteroatoms. The van der Waals surface area contributed by atoms with Crippen molar-refractivity contribution in [3.63, 3.8) is 0 Å². The van der Waals surface area contributed by atoms with Crippen LogP contribution in [0.25, 0.3) is 0 Å². The number of imide groups is 1. The van der Waals surface area contributed by atoms with Crippen molar-refractivity contribution < 1.29 is 14.3 Å². The standard InChI is InChI=1S/C14H22N2O3/c17-13-8-12(15-9-11-6-3-7-19-11)14(18)16(13)10-4-1-2-5-10/h10-12,15H,1-9H2. The van der Waals surface area contributed by atoms with Crippen molar-refractivity contribution in [3.05, 3.63) is 0 Å². The summed E-state index contributed by atoms with van der Waals surface area (Å²) in [7, 11) is 0. The van der Waals surface area contributed by atoms with E-state index in [4.69, 9.17) is 4.74 Å². The third-order valence-corrected chi connectivity index (χ3v) is 4.49. The molecule has 0 aromatic heterocycles. The lowest BCUT2D eigenvalue weighted by molar-refractivity contribution is -0.141. The Bertz CT molecular complexity index is 360. The highest BCUT2D eigenvalue weighted by molar-refractivity contribution is 6.05. The molecule has 2 saturated heterocycles. The van der Waals surface area contributed by atoms with Crippen LogP contribution in [0, 0.1) is 0 Å². The second-order valence-corrected chi connectivity index (χ2v) is 5.84. The van der Waals surface area contributed by atoms with Gasteiger partial charge in [-0.3, -0.25) is 14.5 Å². The number of hydrogen-bond donors (Lipinski definition) is 1. The van der Waals surface area contributed by atoms with Crippen LogP contribution in [0.3, 0.4) is 0 Å². The number of nitrogens with zero attached hydrogens (tertiary/aromatic N) is 1. The molecule has 0 bridgehead atoms. The van der Waals surface area contributed by atoms with Crippen LogP contribution in [-0.2, 0) is 14.3 Å². The van der Waals surface area contributed by atoms with Crippen LogP contribution >= 0.6 is 0 Å². The number of hydrogen-bond acceptors (Lipinski definition) is 4. The lowest BCUT2D eigenvalue weighted by Gasteiger charge is -2.22. The summed E-state index contributed by atoms with van der Waals surface area (Å²) < 4.78 is 5.53.